The van der Waals surface area contributed by atoms with Gasteiger partial charge in [0.2, 0.25) is 5.89 Å². The summed E-state index contributed by atoms with van der Waals surface area (Å²) in [5.41, 5.74) is 2.50. The Morgan fingerprint density at radius 1 is 1.32 bits per heavy atom. The van der Waals surface area contributed by atoms with Crippen molar-refractivity contribution in [2.75, 3.05) is 6.54 Å². The topological polar surface area (TPSA) is 51.0 Å². The lowest BCUT2D eigenvalue weighted by Gasteiger charge is -2.06. The molecule has 2 rings (SSSR count). The molecule has 0 saturated carbocycles. The van der Waals surface area contributed by atoms with Gasteiger partial charge in [0.05, 0.1) is 6.04 Å². The molecule has 0 radical (unpaired) electrons. The van der Waals surface area contributed by atoms with Crippen LogP contribution < -0.4 is 5.32 Å². The van der Waals surface area contributed by atoms with Crippen molar-refractivity contribution in [3.8, 4) is 0 Å². The van der Waals surface area contributed by atoms with E-state index >= 15 is 0 Å². The summed E-state index contributed by atoms with van der Waals surface area (Å²) in [6, 6.07) is 8.38. The van der Waals surface area contributed by atoms with E-state index < -0.39 is 0 Å². The molecule has 0 aliphatic heterocycles. The van der Waals surface area contributed by atoms with E-state index in [4.69, 9.17) is 4.52 Å². The Hall–Kier alpha value is -1.68. The summed E-state index contributed by atoms with van der Waals surface area (Å²) < 4.78 is 5.31. The standard InChI is InChI=1S/C15H21N3O/c1-4-9-16-12(3)15-17-14(18-19-15)10-13-8-6-5-7-11(13)2/h5-8,12,16H,4,9-10H2,1-3H3. The molecule has 2 aromatic rings. The Bertz CT molecular complexity index is 522. The monoisotopic (exact) mass is 259 g/mol. The number of nitrogens with one attached hydrogen (secondary N) is 1. The molecule has 1 aromatic carbocycles. The maximum Gasteiger partial charge on any atom is 0.243 e. The Morgan fingerprint density at radius 3 is 2.84 bits per heavy atom. The Balaban J connectivity index is 2.03. The van der Waals surface area contributed by atoms with Gasteiger partial charge in [0.1, 0.15) is 0 Å². The zero-order chi connectivity index (χ0) is 13.7. The van der Waals surface area contributed by atoms with Crippen LogP contribution in [0.5, 0.6) is 0 Å². The second kappa shape index (κ2) is 6.48. The molecule has 1 N–H and O–H groups in total. The second-order valence-electron chi connectivity index (χ2n) is 4.83. The summed E-state index contributed by atoms with van der Waals surface area (Å²) in [4.78, 5) is 4.46. The molecule has 4 heteroatoms. The molecule has 0 aliphatic rings. The van der Waals surface area contributed by atoms with Gasteiger partial charge < -0.3 is 9.84 Å². The van der Waals surface area contributed by atoms with Crippen molar-refractivity contribution < 1.29 is 4.52 Å². The van der Waals surface area contributed by atoms with Crippen LogP contribution in [0.3, 0.4) is 0 Å². The molecule has 1 aromatic heterocycles. The Morgan fingerprint density at radius 2 is 2.11 bits per heavy atom. The minimum Gasteiger partial charge on any atom is -0.338 e. The van der Waals surface area contributed by atoms with Crippen LogP contribution in [-0.4, -0.2) is 16.7 Å². The molecule has 1 atom stereocenters. The molecule has 1 unspecified atom stereocenters. The van der Waals surface area contributed by atoms with Gasteiger partial charge in [0.15, 0.2) is 5.82 Å². The van der Waals surface area contributed by atoms with Gasteiger partial charge >= 0.3 is 0 Å². The zero-order valence-corrected chi connectivity index (χ0v) is 11.8. The number of hydrogen-bond donors (Lipinski definition) is 1. The van der Waals surface area contributed by atoms with Crippen molar-refractivity contribution in [2.24, 2.45) is 0 Å². The first-order valence-corrected chi connectivity index (χ1v) is 6.81. The summed E-state index contributed by atoms with van der Waals surface area (Å²) in [6.45, 7) is 7.23. The zero-order valence-electron chi connectivity index (χ0n) is 11.8. The minimum atomic E-state index is 0.109. The van der Waals surface area contributed by atoms with Gasteiger partial charge in [0, 0.05) is 6.42 Å². The molecular formula is C15H21N3O. The third kappa shape index (κ3) is 3.64. The fraction of sp³-hybridized carbons (Fsp3) is 0.467. The average Bonchev–Trinajstić information content (AvgIpc) is 2.87. The van der Waals surface area contributed by atoms with Crippen LogP contribution in [0.4, 0.5) is 0 Å². The quantitative estimate of drug-likeness (QED) is 0.866. The molecule has 1 heterocycles. The smallest absolute Gasteiger partial charge is 0.243 e. The number of aromatic nitrogens is 2. The summed E-state index contributed by atoms with van der Waals surface area (Å²) in [6.07, 6.45) is 1.81. The van der Waals surface area contributed by atoms with Crippen LogP contribution in [0, 0.1) is 6.92 Å². The van der Waals surface area contributed by atoms with Gasteiger partial charge in [-0.3, -0.25) is 0 Å². The summed E-state index contributed by atoms with van der Waals surface area (Å²) >= 11 is 0. The lowest BCUT2D eigenvalue weighted by molar-refractivity contribution is 0.337. The van der Waals surface area contributed by atoms with Crippen molar-refractivity contribution in [1.82, 2.24) is 15.5 Å². The minimum absolute atomic E-state index is 0.109. The van der Waals surface area contributed by atoms with Crippen LogP contribution in [0.25, 0.3) is 0 Å². The number of rotatable bonds is 6. The van der Waals surface area contributed by atoms with Crippen LogP contribution >= 0.6 is 0 Å². The van der Waals surface area contributed by atoms with E-state index in [1.807, 2.05) is 19.1 Å². The van der Waals surface area contributed by atoms with Crippen LogP contribution in [0.2, 0.25) is 0 Å². The summed E-state index contributed by atoms with van der Waals surface area (Å²) in [5, 5.41) is 7.40. The molecule has 4 nitrogen and oxygen atoms in total. The van der Waals surface area contributed by atoms with E-state index in [0.29, 0.717) is 5.89 Å². The first-order valence-electron chi connectivity index (χ1n) is 6.81. The fourth-order valence-corrected chi connectivity index (χ4v) is 1.94. The van der Waals surface area contributed by atoms with Gasteiger partial charge in [-0.25, -0.2) is 0 Å². The molecule has 102 valence electrons. The summed E-state index contributed by atoms with van der Waals surface area (Å²) in [5.74, 6) is 1.41. The number of hydrogen-bond acceptors (Lipinski definition) is 4. The van der Waals surface area contributed by atoms with Crippen molar-refractivity contribution in [3.05, 3.63) is 47.1 Å². The normalized spacial score (nSPS) is 12.6. The molecule has 0 bridgehead atoms. The van der Waals surface area contributed by atoms with E-state index in [9.17, 15) is 0 Å². The fourth-order valence-electron chi connectivity index (χ4n) is 1.94. The van der Waals surface area contributed by atoms with Crippen molar-refractivity contribution in [2.45, 2.75) is 39.7 Å². The van der Waals surface area contributed by atoms with Crippen LogP contribution in [0.1, 0.15) is 49.2 Å². The maximum atomic E-state index is 5.31. The largest absolute Gasteiger partial charge is 0.338 e. The van der Waals surface area contributed by atoms with Crippen LogP contribution in [0.15, 0.2) is 28.8 Å². The second-order valence-corrected chi connectivity index (χ2v) is 4.83. The molecule has 19 heavy (non-hydrogen) atoms. The van der Waals surface area contributed by atoms with Crippen molar-refractivity contribution in [1.29, 1.82) is 0 Å². The highest BCUT2D eigenvalue weighted by molar-refractivity contribution is 5.27. The van der Waals surface area contributed by atoms with Crippen molar-refractivity contribution >= 4 is 0 Å². The van der Waals surface area contributed by atoms with Crippen LogP contribution in [-0.2, 0) is 6.42 Å². The molecule has 0 amide bonds. The van der Waals surface area contributed by atoms with Crippen molar-refractivity contribution in [3.63, 3.8) is 0 Å². The number of benzene rings is 1. The van der Waals surface area contributed by atoms with E-state index in [1.165, 1.54) is 11.1 Å². The molecule has 0 spiro atoms. The summed E-state index contributed by atoms with van der Waals surface area (Å²) in [7, 11) is 0. The SMILES string of the molecule is CCCNC(C)c1nc(Cc2ccccc2C)no1. The lowest BCUT2D eigenvalue weighted by atomic mass is 10.1. The lowest BCUT2D eigenvalue weighted by Crippen LogP contribution is -2.19. The maximum absolute atomic E-state index is 5.31. The van der Waals surface area contributed by atoms with E-state index in [-0.39, 0.29) is 6.04 Å². The highest BCUT2D eigenvalue weighted by Gasteiger charge is 2.13. The van der Waals surface area contributed by atoms with Gasteiger partial charge in [-0.1, -0.05) is 36.3 Å². The van der Waals surface area contributed by atoms with E-state index in [0.717, 1.165) is 25.2 Å². The first-order chi connectivity index (χ1) is 9.20. The molecular weight excluding hydrogens is 238 g/mol. The van der Waals surface area contributed by atoms with E-state index in [2.05, 4.69) is 41.4 Å². The molecule has 0 saturated heterocycles. The first kappa shape index (κ1) is 13.7. The third-order valence-electron chi connectivity index (χ3n) is 3.16. The third-order valence-corrected chi connectivity index (χ3v) is 3.16. The molecule has 0 fully saturated rings. The highest BCUT2D eigenvalue weighted by atomic mass is 16.5. The number of nitrogens with zero attached hydrogens (tertiary/aromatic N) is 2. The predicted octanol–water partition coefficient (Wildman–Crippen LogP) is 3.03. The predicted molar refractivity (Wildman–Crippen MR) is 75.0 cm³/mol. The van der Waals surface area contributed by atoms with E-state index in [1.54, 1.807) is 0 Å². The highest BCUT2D eigenvalue weighted by Crippen LogP contribution is 2.14. The van der Waals surface area contributed by atoms with Gasteiger partial charge in [-0.15, -0.1) is 0 Å². The van der Waals surface area contributed by atoms with Gasteiger partial charge in [-0.2, -0.15) is 4.98 Å². The average molecular weight is 259 g/mol. The van der Waals surface area contributed by atoms with Gasteiger partial charge in [0.25, 0.3) is 0 Å². The van der Waals surface area contributed by atoms with Gasteiger partial charge in [-0.05, 0) is 37.9 Å². The number of aryl methyl sites for hydroxylation is 1. The Labute approximate surface area is 114 Å². The molecule has 0 aliphatic carbocycles. The Kier molecular flexibility index (Phi) is 4.68.